The summed E-state index contributed by atoms with van der Waals surface area (Å²) in [6.45, 7) is 3.75. The molecule has 1 aromatic heterocycles. The zero-order valence-corrected chi connectivity index (χ0v) is 8.25. The SMILES string of the molecule is CCC(COC)NCc1ccoc1. The third-order valence-corrected chi connectivity index (χ3v) is 2.04. The molecule has 3 nitrogen and oxygen atoms in total. The van der Waals surface area contributed by atoms with Crippen molar-refractivity contribution in [1.82, 2.24) is 5.32 Å². The lowest BCUT2D eigenvalue weighted by molar-refractivity contribution is 0.164. The molecule has 13 heavy (non-hydrogen) atoms. The molecule has 0 aliphatic rings. The predicted octanol–water partition coefficient (Wildman–Crippen LogP) is 1.79. The van der Waals surface area contributed by atoms with Gasteiger partial charge in [-0.3, -0.25) is 0 Å². The normalized spacial score (nSPS) is 13.1. The van der Waals surface area contributed by atoms with E-state index >= 15 is 0 Å². The van der Waals surface area contributed by atoms with Crippen molar-refractivity contribution in [1.29, 1.82) is 0 Å². The minimum atomic E-state index is 0.430. The lowest BCUT2D eigenvalue weighted by Gasteiger charge is -2.14. The van der Waals surface area contributed by atoms with Gasteiger partial charge in [-0.05, 0) is 12.5 Å². The summed E-state index contributed by atoms with van der Waals surface area (Å²) in [5.41, 5.74) is 1.18. The minimum Gasteiger partial charge on any atom is -0.472 e. The Labute approximate surface area is 79.1 Å². The fourth-order valence-corrected chi connectivity index (χ4v) is 1.18. The van der Waals surface area contributed by atoms with Gasteiger partial charge in [-0.1, -0.05) is 6.92 Å². The highest BCUT2D eigenvalue weighted by molar-refractivity contribution is 5.04. The molecule has 0 bridgehead atoms. The number of hydrogen-bond donors (Lipinski definition) is 1. The average Bonchev–Trinajstić information content (AvgIpc) is 2.64. The molecule has 1 rings (SSSR count). The van der Waals surface area contributed by atoms with Crippen molar-refractivity contribution >= 4 is 0 Å². The number of furan rings is 1. The Morgan fingerprint density at radius 1 is 1.62 bits per heavy atom. The van der Waals surface area contributed by atoms with E-state index < -0.39 is 0 Å². The van der Waals surface area contributed by atoms with Crippen molar-refractivity contribution in [2.45, 2.75) is 25.9 Å². The van der Waals surface area contributed by atoms with Crippen LogP contribution in [0.3, 0.4) is 0 Å². The first-order chi connectivity index (χ1) is 6.36. The Morgan fingerprint density at radius 2 is 2.46 bits per heavy atom. The van der Waals surface area contributed by atoms with Crippen molar-refractivity contribution in [3.05, 3.63) is 24.2 Å². The molecule has 0 fully saturated rings. The first-order valence-electron chi connectivity index (χ1n) is 4.60. The van der Waals surface area contributed by atoms with Gasteiger partial charge in [-0.25, -0.2) is 0 Å². The number of hydrogen-bond acceptors (Lipinski definition) is 3. The molecule has 0 spiro atoms. The molecule has 1 unspecified atom stereocenters. The summed E-state index contributed by atoms with van der Waals surface area (Å²) < 4.78 is 10.0. The Bertz CT molecular complexity index is 209. The molecule has 0 saturated carbocycles. The molecule has 3 heteroatoms. The first-order valence-corrected chi connectivity index (χ1v) is 4.60. The van der Waals surface area contributed by atoms with Crippen LogP contribution in [0.4, 0.5) is 0 Å². The Kier molecular flexibility index (Phi) is 4.57. The summed E-state index contributed by atoms with van der Waals surface area (Å²) in [4.78, 5) is 0. The highest BCUT2D eigenvalue weighted by Crippen LogP contribution is 2.00. The molecule has 0 aromatic carbocycles. The molecule has 1 N–H and O–H groups in total. The number of methoxy groups -OCH3 is 1. The van der Waals surface area contributed by atoms with E-state index in [9.17, 15) is 0 Å². The molecule has 1 aromatic rings. The van der Waals surface area contributed by atoms with Crippen LogP contribution in [-0.2, 0) is 11.3 Å². The Morgan fingerprint density at radius 3 is 3.00 bits per heavy atom. The standard InChI is InChI=1S/C10H17NO2/c1-3-10(8-12-2)11-6-9-4-5-13-7-9/h4-5,7,10-11H,3,6,8H2,1-2H3. The molecule has 1 atom stereocenters. The van der Waals surface area contributed by atoms with Crippen molar-refractivity contribution < 1.29 is 9.15 Å². The molecule has 1 heterocycles. The van der Waals surface area contributed by atoms with Gasteiger partial charge in [0.05, 0.1) is 19.1 Å². The van der Waals surface area contributed by atoms with Gasteiger partial charge in [-0.2, -0.15) is 0 Å². The second kappa shape index (κ2) is 5.78. The van der Waals surface area contributed by atoms with E-state index in [0.29, 0.717) is 6.04 Å². The van der Waals surface area contributed by atoms with Crippen LogP contribution in [0.25, 0.3) is 0 Å². The topological polar surface area (TPSA) is 34.4 Å². The van der Waals surface area contributed by atoms with E-state index in [2.05, 4.69) is 12.2 Å². The fraction of sp³-hybridized carbons (Fsp3) is 0.600. The van der Waals surface area contributed by atoms with Crippen molar-refractivity contribution in [3.63, 3.8) is 0 Å². The summed E-state index contributed by atoms with van der Waals surface area (Å²) in [6.07, 6.45) is 4.52. The summed E-state index contributed by atoms with van der Waals surface area (Å²) in [5.74, 6) is 0. The third kappa shape index (κ3) is 3.61. The number of rotatable bonds is 6. The molecule has 0 amide bonds. The maximum Gasteiger partial charge on any atom is 0.0947 e. The van der Waals surface area contributed by atoms with Gasteiger partial charge in [0, 0.05) is 25.3 Å². The second-order valence-corrected chi connectivity index (χ2v) is 3.07. The van der Waals surface area contributed by atoms with Gasteiger partial charge >= 0.3 is 0 Å². The van der Waals surface area contributed by atoms with E-state index in [1.807, 2.05) is 6.07 Å². The highest BCUT2D eigenvalue weighted by Gasteiger charge is 2.04. The largest absolute Gasteiger partial charge is 0.472 e. The molecule has 0 aliphatic carbocycles. The maximum atomic E-state index is 5.08. The van der Waals surface area contributed by atoms with Gasteiger partial charge in [-0.15, -0.1) is 0 Å². The van der Waals surface area contributed by atoms with Gasteiger partial charge in [0.15, 0.2) is 0 Å². The fourth-order valence-electron chi connectivity index (χ4n) is 1.18. The van der Waals surface area contributed by atoms with Gasteiger partial charge in [0.25, 0.3) is 0 Å². The smallest absolute Gasteiger partial charge is 0.0947 e. The zero-order chi connectivity index (χ0) is 9.52. The van der Waals surface area contributed by atoms with Crippen molar-refractivity contribution in [2.24, 2.45) is 0 Å². The van der Waals surface area contributed by atoms with E-state index in [4.69, 9.17) is 9.15 Å². The molecule has 0 radical (unpaired) electrons. The van der Waals surface area contributed by atoms with Gasteiger partial charge < -0.3 is 14.5 Å². The summed E-state index contributed by atoms with van der Waals surface area (Å²) in [7, 11) is 1.72. The van der Waals surface area contributed by atoms with Crippen LogP contribution in [0.1, 0.15) is 18.9 Å². The minimum absolute atomic E-state index is 0.430. The third-order valence-electron chi connectivity index (χ3n) is 2.04. The van der Waals surface area contributed by atoms with Gasteiger partial charge in [0.2, 0.25) is 0 Å². The quantitative estimate of drug-likeness (QED) is 0.730. The van der Waals surface area contributed by atoms with Crippen LogP contribution in [-0.4, -0.2) is 19.8 Å². The lowest BCUT2D eigenvalue weighted by Crippen LogP contribution is -2.31. The average molecular weight is 183 g/mol. The summed E-state index contributed by atoms with van der Waals surface area (Å²) in [5, 5.41) is 3.39. The van der Waals surface area contributed by atoms with Crippen LogP contribution in [0.2, 0.25) is 0 Å². The van der Waals surface area contributed by atoms with Crippen LogP contribution < -0.4 is 5.32 Å². The molecule has 74 valence electrons. The monoisotopic (exact) mass is 183 g/mol. The molecular weight excluding hydrogens is 166 g/mol. The van der Waals surface area contributed by atoms with E-state index in [1.165, 1.54) is 5.56 Å². The highest BCUT2D eigenvalue weighted by atomic mass is 16.5. The molecule has 0 aliphatic heterocycles. The summed E-state index contributed by atoms with van der Waals surface area (Å²) in [6, 6.07) is 2.40. The van der Waals surface area contributed by atoms with Crippen molar-refractivity contribution in [3.8, 4) is 0 Å². The Balaban J connectivity index is 2.23. The first kappa shape index (κ1) is 10.3. The van der Waals surface area contributed by atoms with Crippen LogP contribution in [0, 0.1) is 0 Å². The maximum absolute atomic E-state index is 5.08. The van der Waals surface area contributed by atoms with E-state index in [-0.39, 0.29) is 0 Å². The van der Waals surface area contributed by atoms with Crippen molar-refractivity contribution in [2.75, 3.05) is 13.7 Å². The summed E-state index contributed by atoms with van der Waals surface area (Å²) >= 11 is 0. The molecular formula is C10H17NO2. The number of ether oxygens (including phenoxy) is 1. The Hall–Kier alpha value is -0.800. The van der Waals surface area contributed by atoms with Crippen LogP contribution in [0.15, 0.2) is 23.0 Å². The molecule has 0 saturated heterocycles. The lowest BCUT2D eigenvalue weighted by atomic mass is 10.2. The van der Waals surface area contributed by atoms with Crippen LogP contribution in [0.5, 0.6) is 0 Å². The second-order valence-electron chi connectivity index (χ2n) is 3.07. The van der Waals surface area contributed by atoms with E-state index in [1.54, 1.807) is 19.6 Å². The van der Waals surface area contributed by atoms with Crippen LogP contribution >= 0.6 is 0 Å². The zero-order valence-electron chi connectivity index (χ0n) is 8.25. The van der Waals surface area contributed by atoms with E-state index in [0.717, 1.165) is 19.6 Å². The predicted molar refractivity (Wildman–Crippen MR) is 51.5 cm³/mol. The van der Waals surface area contributed by atoms with Gasteiger partial charge in [0.1, 0.15) is 0 Å². The number of nitrogens with one attached hydrogen (secondary N) is 1.